The highest BCUT2D eigenvalue weighted by atomic mass is 32.2. The van der Waals surface area contributed by atoms with Crippen molar-refractivity contribution in [2.45, 2.75) is 9.79 Å². The lowest BCUT2D eigenvalue weighted by Crippen LogP contribution is -2.09. The third kappa shape index (κ3) is 3.26. The third-order valence-corrected chi connectivity index (χ3v) is 4.61. The van der Waals surface area contributed by atoms with Crippen LogP contribution in [-0.4, -0.2) is 35.9 Å². The Bertz CT molecular complexity index is 1090. The average Bonchev–Trinajstić information content (AvgIpc) is 2.44. The monoisotopic (exact) mass is 371 g/mol. The van der Waals surface area contributed by atoms with Crippen molar-refractivity contribution in [2.24, 2.45) is 0 Å². The molecule has 0 aliphatic carbocycles. The Labute approximate surface area is 136 Å². The average molecular weight is 371 g/mol. The van der Waals surface area contributed by atoms with Crippen LogP contribution in [0.25, 0.3) is 11.3 Å². The third-order valence-electron chi connectivity index (χ3n) is 2.85. The van der Waals surface area contributed by atoms with Gasteiger partial charge in [0, 0.05) is 5.56 Å². The molecule has 13 heteroatoms. The van der Waals surface area contributed by atoms with Crippen molar-refractivity contribution in [3.63, 3.8) is 0 Å². The summed E-state index contributed by atoms with van der Waals surface area (Å²) in [4.78, 5) is 5.77. The van der Waals surface area contributed by atoms with E-state index in [0.29, 0.717) is 6.07 Å². The van der Waals surface area contributed by atoms with Crippen LogP contribution in [-0.2, 0) is 20.2 Å². The van der Waals surface area contributed by atoms with E-state index in [-0.39, 0.29) is 11.4 Å². The standard InChI is InChI=1S/C11H9N5O6S2/c12-4-7-9(15-11(14)16-10(7)13)6-3-5(23(17,18)19)1-2-8(6)24(20,21)22/h1-3H,(H,17,18,19)(H,20,21,22)(H4,13,14,15,16). The quantitative estimate of drug-likeness (QED) is 0.513. The van der Waals surface area contributed by atoms with E-state index in [1.54, 1.807) is 6.07 Å². The van der Waals surface area contributed by atoms with Crippen molar-refractivity contribution in [1.29, 1.82) is 5.26 Å². The Morgan fingerprint density at radius 1 is 1.04 bits per heavy atom. The van der Waals surface area contributed by atoms with Gasteiger partial charge in [-0.25, -0.2) is 4.98 Å². The number of hydrogen-bond acceptors (Lipinski definition) is 9. The van der Waals surface area contributed by atoms with Crippen LogP contribution in [0.5, 0.6) is 0 Å². The first kappa shape index (κ1) is 17.6. The van der Waals surface area contributed by atoms with Gasteiger partial charge < -0.3 is 11.5 Å². The second kappa shape index (κ2) is 5.69. The minimum Gasteiger partial charge on any atom is -0.382 e. The fourth-order valence-electron chi connectivity index (χ4n) is 1.88. The molecular weight excluding hydrogens is 362 g/mol. The summed E-state index contributed by atoms with van der Waals surface area (Å²) in [6.45, 7) is 0. The van der Waals surface area contributed by atoms with Crippen molar-refractivity contribution < 1.29 is 25.9 Å². The van der Waals surface area contributed by atoms with Gasteiger partial charge in [-0.15, -0.1) is 0 Å². The molecule has 0 fully saturated rings. The summed E-state index contributed by atoms with van der Waals surface area (Å²) in [5.41, 5.74) is 9.63. The van der Waals surface area contributed by atoms with E-state index >= 15 is 0 Å². The molecule has 6 N–H and O–H groups in total. The number of hydrogen-bond donors (Lipinski definition) is 4. The minimum absolute atomic E-state index is 0.376. The summed E-state index contributed by atoms with van der Waals surface area (Å²) in [5, 5.41) is 9.14. The van der Waals surface area contributed by atoms with E-state index < -0.39 is 47.2 Å². The number of nitriles is 1. The van der Waals surface area contributed by atoms with Gasteiger partial charge in [-0.05, 0) is 18.2 Å². The van der Waals surface area contributed by atoms with Crippen molar-refractivity contribution >= 4 is 32.0 Å². The highest BCUT2D eigenvalue weighted by molar-refractivity contribution is 7.86. The van der Waals surface area contributed by atoms with E-state index in [1.807, 2.05) is 0 Å². The second-order valence-electron chi connectivity index (χ2n) is 4.41. The lowest BCUT2D eigenvalue weighted by molar-refractivity contribution is 0.478. The zero-order valence-electron chi connectivity index (χ0n) is 11.6. The summed E-state index contributed by atoms with van der Waals surface area (Å²) < 4.78 is 64.0. The lowest BCUT2D eigenvalue weighted by atomic mass is 10.1. The first-order valence-corrected chi connectivity index (χ1v) is 8.75. The summed E-state index contributed by atoms with van der Waals surface area (Å²) in [6, 6.07) is 3.82. The molecule has 2 aromatic rings. The van der Waals surface area contributed by atoms with Gasteiger partial charge in [0.25, 0.3) is 20.2 Å². The van der Waals surface area contributed by atoms with Gasteiger partial charge in [0.1, 0.15) is 22.3 Å². The van der Waals surface area contributed by atoms with Crippen LogP contribution < -0.4 is 11.5 Å². The van der Waals surface area contributed by atoms with Crippen LogP contribution in [0.4, 0.5) is 11.8 Å². The Morgan fingerprint density at radius 2 is 1.67 bits per heavy atom. The van der Waals surface area contributed by atoms with Gasteiger partial charge in [0.05, 0.1) is 10.6 Å². The Kier molecular flexibility index (Phi) is 4.16. The first-order valence-electron chi connectivity index (χ1n) is 5.87. The zero-order valence-corrected chi connectivity index (χ0v) is 13.2. The number of aromatic nitrogens is 2. The van der Waals surface area contributed by atoms with E-state index in [4.69, 9.17) is 21.3 Å². The molecule has 0 aliphatic heterocycles. The number of nitrogen functional groups attached to an aromatic ring is 2. The largest absolute Gasteiger partial charge is 0.382 e. The fraction of sp³-hybridized carbons (Fsp3) is 0. The van der Waals surface area contributed by atoms with Gasteiger partial charge in [-0.3, -0.25) is 9.11 Å². The summed E-state index contributed by atoms with van der Waals surface area (Å²) in [7, 11) is -9.52. The molecule has 0 bridgehead atoms. The molecule has 126 valence electrons. The number of anilines is 2. The normalized spacial score (nSPS) is 11.9. The van der Waals surface area contributed by atoms with Crippen LogP contribution in [0.3, 0.4) is 0 Å². The number of nitrogens with two attached hydrogens (primary N) is 2. The molecule has 0 unspecified atom stereocenters. The molecule has 0 atom stereocenters. The molecule has 0 amide bonds. The topological polar surface area (TPSA) is 210 Å². The smallest absolute Gasteiger partial charge is 0.295 e. The van der Waals surface area contributed by atoms with Crippen molar-refractivity contribution in [3.8, 4) is 17.3 Å². The Balaban J connectivity index is 3.00. The first-order chi connectivity index (χ1) is 10.9. The maximum absolute atomic E-state index is 11.5. The minimum atomic E-state index is -4.82. The van der Waals surface area contributed by atoms with E-state index in [1.165, 1.54) is 0 Å². The maximum Gasteiger partial charge on any atom is 0.295 e. The van der Waals surface area contributed by atoms with Crippen molar-refractivity contribution in [1.82, 2.24) is 9.97 Å². The molecule has 0 radical (unpaired) electrons. The second-order valence-corrected chi connectivity index (χ2v) is 7.22. The van der Waals surface area contributed by atoms with E-state index in [9.17, 15) is 21.4 Å². The Hall–Kier alpha value is -2.79. The molecule has 24 heavy (non-hydrogen) atoms. The summed E-state index contributed by atoms with van der Waals surface area (Å²) in [6.07, 6.45) is 0. The molecule has 1 heterocycles. The maximum atomic E-state index is 11.5. The van der Waals surface area contributed by atoms with Crippen LogP contribution in [0, 0.1) is 11.3 Å². The highest BCUT2D eigenvalue weighted by Gasteiger charge is 2.24. The van der Waals surface area contributed by atoms with Crippen LogP contribution in [0.1, 0.15) is 5.56 Å². The molecule has 0 spiro atoms. The van der Waals surface area contributed by atoms with Crippen molar-refractivity contribution in [3.05, 3.63) is 23.8 Å². The highest BCUT2D eigenvalue weighted by Crippen LogP contribution is 2.32. The molecule has 1 aromatic heterocycles. The number of nitrogens with zero attached hydrogens (tertiary/aromatic N) is 3. The predicted octanol–water partition coefficient (Wildman–Crippen LogP) is -0.327. The lowest BCUT2D eigenvalue weighted by Gasteiger charge is -2.11. The van der Waals surface area contributed by atoms with Crippen molar-refractivity contribution in [2.75, 3.05) is 11.5 Å². The van der Waals surface area contributed by atoms with Gasteiger partial charge in [0.2, 0.25) is 5.95 Å². The molecule has 0 saturated heterocycles. The van der Waals surface area contributed by atoms with Crippen LogP contribution in [0.15, 0.2) is 28.0 Å². The Morgan fingerprint density at radius 3 is 2.17 bits per heavy atom. The summed E-state index contributed by atoms with van der Waals surface area (Å²) >= 11 is 0. The van der Waals surface area contributed by atoms with Gasteiger partial charge >= 0.3 is 0 Å². The molecule has 0 saturated carbocycles. The van der Waals surface area contributed by atoms with Crippen LogP contribution in [0.2, 0.25) is 0 Å². The van der Waals surface area contributed by atoms with E-state index in [2.05, 4.69) is 9.97 Å². The number of benzene rings is 1. The van der Waals surface area contributed by atoms with Gasteiger partial charge in [-0.2, -0.15) is 27.1 Å². The molecular formula is C11H9N5O6S2. The number of rotatable bonds is 3. The zero-order chi connectivity index (χ0) is 18.3. The molecule has 0 aliphatic rings. The fourth-order valence-corrected chi connectivity index (χ4v) is 3.06. The molecule has 1 aromatic carbocycles. The van der Waals surface area contributed by atoms with E-state index in [0.717, 1.165) is 12.1 Å². The summed E-state index contributed by atoms with van der Waals surface area (Å²) in [5.74, 6) is -0.793. The van der Waals surface area contributed by atoms with Gasteiger partial charge in [-0.1, -0.05) is 0 Å². The van der Waals surface area contributed by atoms with Gasteiger partial charge in [0.15, 0.2) is 0 Å². The van der Waals surface area contributed by atoms with Crippen LogP contribution >= 0.6 is 0 Å². The molecule has 11 nitrogen and oxygen atoms in total. The SMILES string of the molecule is N#Cc1c(N)nc(N)nc1-c1cc(S(=O)(=O)O)ccc1S(=O)(=O)O. The predicted molar refractivity (Wildman–Crippen MR) is 80.6 cm³/mol. The molecule has 2 rings (SSSR count).